The van der Waals surface area contributed by atoms with Gasteiger partial charge in [-0.2, -0.15) is 5.26 Å². The lowest BCUT2D eigenvalue weighted by molar-refractivity contribution is -0.183. The van der Waals surface area contributed by atoms with Gasteiger partial charge in [-0.3, -0.25) is 4.79 Å². The molecule has 9 heteroatoms. The summed E-state index contributed by atoms with van der Waals surface area (Å²) in [6, 6.07) is 15.4. The summed E-state index contributed by atoms with van der Waals surface area (Å²) < 4.78 is 43.6. The van der Waals surface area contributed by atoms with Gasteiger partial charge in [-0.15, -0.1) is 0 Å². The number of carbonyl (C=O) groups is 1. The number of amides is 1. The van der Waals surface area contributed by atoms with Crippen molar-refractivity contribution in [2.45, 2.75) is 69.6 Å². The second kappa shape index (κ2) is 11.7. The van der Waals surface area contributed by atoms with Crippen LogP contribution in [0.3, 0.4) is 0 Å². The molecule has 1 aliphatic heterocycles. The summed E-state index contributed by atoms with van der Waals surface area (Å²) in [6.07, 6.45) is -0.952. The van der Waals surface area contributed by atoms with E-state index in [1.54, 1.807) is 31.4 Å². The van der Waals surface area contributed by atoms with E-state index in [1.807, 2.05) is 26.0 Å². The van der Waals surface area contributed by atoms with E-state index >= 15 is 0 Å². The minimum absolute atomic E-state index is 0.101. The van der Waals surface area contributed by atoms with E-state index in [2.05, 4.69) is 11.4 Å². The topological polar surface area (TPSA) is 99.0 Å². The largest absolute Gasteiger partial charge is 0.383 e. The molecule has 1 amide bonds. The summed E-state index contributed by atoms with van der Waals surface area (Å²) in [7, 11) is 1.56. The lowest BCUT2D eigenvalue weighted by atomic mass is 9.78. The first-order valence-corrected chi connectivity index (χ1v) is 12.4. The van der Waals surface area contributed by atoms with Crippen LogP contribution in [0.2, 0.25) is 0 Å². The van der Waals surface area contributed by atoms with Crippen LogP contribution >= 0.6 is 0 Å². The van der Waals surface area contributed by atoms with Crippen molar-refractivity contribution in [3.63, 3.8) is 0 Å². The molecule has 0 radical (unpaired) electrons. The fraction of sp³-hybridized carbons (Fsp3) is 0.500. The fourth-order valence-corrected chi connectivity index (χ4v) is 4.89. The standard InChI is InChI=1S/C28H33FN2O6/c1-27(2)36-24-15-28(26(32)31-12-13-33-3,35-17-19-8-10-22(29)11-9-19)14-23(25(24)37-27)34-18-21-7-5-4-6-20(21)16-30/h4-11,23-25H,12-15,17-18H2,1-3H3,(H,31,32)/t23?,24-,25+,28-/m1/s1. The molecule has 2 aromatic rings. The lowest BCUT2D eigenvalue weighted by Crippen LogP contribution is -2.60. The number of hydrogen-bond donors (Lipinski definition) is 1. The average molecular weight is 513 g/mol. The van der Waals surface area contributed by atoms with Gasteiger partial charge in [0.15, 0.2) is 11.4 Å². The molecule has 0 bridgehead atoms. The van der Waals surface area contributed by atoms with Crippen molar-refractivity contribution in [2.24, 2.45) is 0 Å². The number of ether oxygens (including phenoxy) is 5. The van der Waals surface area contributed by atoms with Gasteiger partial charge < -0.3 is 29.0 Å². The molecule has 1 heterocycles. The highest BCUT2D eigenvalue weighted by atomic mass is 19.1. The van der Waals surface area contributed by atoms with E-state index in [0.717, 1.165) is 11.1 Å². The van der Waals surface area contributed by atoms with Crippen molar-refractivity contribution < 1.29 is 32.9 Å². The molecule has 1 saturated heterocycles. The Morgan fingerprint density at radius 1 is 1.14 bits per heavy atom. The Kier molecular flexibility index (Phi) is 8.57. The van der Waals surface area contributed by atoms with Crippen LogP contribution in [-0.2, 0) is 41.7 Å². The van der Waals surface area contributed by atoms with E-state index in [-0.39, 0.29) is 37.8 Å². The lowest BCUT2D eigenvalue weighted by Gasteiger charge is -2.43. The molecule has 8 nitrogen and oxygen atoms in total. The first-order valence-electron chi connectivity index (χ1n) is 12.4. The van der Waals surface area contributed by atoms with Crippen LogP contribution in [0, 0.1) is 17.1 Å². The zero-order valence-corrected chi connectivity index (χ0v) is 21.4. The molecular weight excluding hydrogens is 479 g/mol. The Morgan fingerprint density at radius 2 is 1.89 bits per heavy atom. The van der Waals surface area contributed by atoms with E-state index in [1.165, 1.54) is 12.1 Å². The number of methoxy groups -OCH3 is 1. The van der Waals surface area contributed by atoms with Gasteiger partial charge in [-0.05, 0) is 43.2 Å². The smallest absolute Gasteiger partial charge is 0.252 e. The average Bonchev–Trinajstić information content (AvgIpc) is 3.20. The number of fused-ring (bicyclic) bond motifs is 1. The number of nitrogens with zero attached hydrogens (tertiary/aromatic N) is 1. The van der Waals surface area contributed by atoms with E-state index in [9.17, 15) is 14.4 Å². The highest BCUT2D eigenvalue weighted by molar-refractivity contribution is 5.85. The van der Waals surface area contributed by atoms with Gasteiger partial charge in [-0.25, -0.2) is 4.39 Å². The Bertz CT molecular complexity index is 1120. The van der Waals surface area contributed by atoms with Crippen molar-refractivity contribution in [3.8, 4) is 6.07 Å². The SMILES string of the molecule is COCCNC(=O)[C@@]1(OCc2ccc(F)cc2)CC(OCc2ccccc2C#N)[C@@H]2OC(C)(C)O[C@@H]2C1. The molecule has 2 aliphatic rings. The number of nitrogens with one attached hydrogen (secondary N) is 1. The van der Waals surface area contributed by atoms with Crippen LogP contribution in [0.5, 0.6) is 0 Å². The molecule has 1 unspecified atom stereocenters. The molecule has 1 aliphatic carbocycles. The minimum atomic E-state index is -1.29. The zero-order valence-electron chi connectivity index (χ0n) is 21.4. The second-order valence-electron chi connectivity index (χ2n) is 9.82. The van der Waals surface area contributed by atoms with Crippen molar-refractivity contribution in [1.82, 2.24) is 5.32 Å². The van der Waals surface area contributed by atoms with Crippen molar-refractivity contribution in [3.05, 3.63) is 71.0 Å². The first-order chi connectivity index (χ1) is 17.7. The van der Waals surface area contributed by atoms with Gasteiger partial charge in [0, 0.05) is 26.5 Å². The zero-order chi connectivity index (χ0) is 26.5. The van der Waals surface area contributed by atoms with Gasteiger partial charge in [-0.1, -0.05) is 30.3 Å². The quantitative estimate of drug-likeness (QED) is 0.486. The van der Waals surface area contributed by atoms with Gasteiger partial charge in [0.05, 0.1) is 43.7 Å². The van der Waals surface area contributed by atoms with E-state index in [4.69, 9.17) is 23.7 Å². The fourth-order valence-electron chi connectivity index (χ4n) is 4.89. The monoisotopic (exact) mass is 512 g/mol. The molecule has 4 rings (SSSR count). The highest BCUT2D eigenvalue weighted by Crippen LogP contribution is 2.44. The Morgan fingerprint density at radius 3 is 2.62 bits per heavy atom. The van der Waals surface area contributed by atoms with Crippen LogP contribution in [0.25, 0.3) is 0 Å². The number of benzene rings is 2. The molecule has 0 aromatic heterocycles. The van der Waals surface area contributed by atoms with Gasteiger partial charge in [0.1, 0.15) is 11.9 Å². The third kappa shape index (κ3) is 6.53. The first kappa shape index (κ1) is 27.2. The van der Waals surface area contributed by atoms with Gasteiger partial charge in [0.2, 0.25) is 0 Å². The van der Waals surface area contributed by atoms with Gasteiger partial charge in [0.25, 0.3) is 5.91 Å². The summed E-state index contributed by atoms with van der Waals surface area (Å²) in [4.78, 5) is 13.6. The molecule has 198 valence electrons. The van der Waals surface area contributed by atoms with Crippen molar-refractivity contribution >= 4 is 5.91 Å². The number of carbonyl (C=O) groups excluding carboxylic acids is 1. The van der Waals surface area contributed by atoms with Crippen LogP contribution in [0.15, 0.2) is 48.5 Å². The van der Waals surface area contributed by atoms with Crippen LogP contribution in [-0.4, -0.2) is 55.9 Å². The maximum atomic E-state index is 13.6. The van der Waals surface area contributed by atoms with Crippen molar-refractivity contribution in [2.75, 3.05) is 20.3 Å². The molecule has 1 N–H and O–H groups in total. The molecular formula is C28H33FN2O6. The third-order valence-corrected chi connectivity index (χ3v) is 6.67. The van der Waals surface area contributed by atoms with Crippen LogP contribution < -0.4 is 5.32 Å². The van der Waals surface area contributed by atoms with E-state index in [0.29, 0.717) is 18.7 Å². The Labute approximate surface area is 216 Å². The summed E-state index contributed by atoms with van der Waals surface area (Å²) in [6.45, 7) is 4.59. The van der Waals surface area contributed by atoms with Crippen molar-refractivity contribution in [1.29, 1.82) is 5.26 Å². The van der Waals surface area contributed by atoms with E-state index < -0.39 is 29.7 Å². The number of nitriles is 1. The molecule has 2 aromatic carbocycles. The summed E-state index contributed by atoms with van der Waals surface area (Å²) >= 11 is 0. The minimum Gasteiger partial charge on any atom is -0.383 e. The summed E-state index contributed by atoms with van der Waals surface area (Å²) in [5.74, 6) is -1.51. The number of rotatable bonds is 10. The molecule has 4 atom stereocenters. The normalized spacial score (nSPS) is 26.3. The summed E-state index contributed by atoms with van der Waals surface area (Å²) in [5, 5.41) is 12.4. The molecule has 0 spiro atoms. The maximum absolute atomic E-state index is 13.6. The predicted molar refractivity (Wildman–Crippen MR) is 132 cm³/mol. The molecule has 37 heavy (non-hydrogen) atoms. The Hall–Kier alpha value is -2.87. The van der Waals surface area contributed by atoms with Crippen LogP contribution in [0.4, 0.5) is 4.39 Å². The Balaban J connectivity index is 1.60. The molecule has 1 saturated carbocycles. The van der Waals surface area contributed by atoms with Crippen LogP contribution in [0.1, 0.15) is 43.4 Å². The third-order valence-electron chi connectivity index (χ3n) is 6.67. The predicted octanol–water partition coefficient (Wildman–Crippen LogP) is 3.61. The second-order valence-corrected chi connectivity index (χ2v) is 9.82. The van der Waals surface area contributed by atoms with Gasteiger partial charge >= 0.3 is 0 Å². The summed E-state index contributed by atoms with van der Waals surface area (Å²) in [5.41, 5.74) is 0.714. The molecule has 2 fully saturated rings. The maximum Gasteiger partial charge on any atom is 0.252 e. The highest BCUT2D eigenvalue weighted by Gasteiger charge is 2.58. The number of hydrogen-bond acceptors (Lipinski definition) is 7. The number of halogens is 1.